The molecule has 1 atom stereocenters. The van der Waals surface area contributed by atoms with Crippen molar-refractivity contribution >= 4 is 34.2 Å². The Balaban J connectivity index is 1.52. The van der Waals surface area contributed by atoms with Crippen LogP contribution in [0.25, 0.3) is 22.0 Å². The summed E-state index contributed by atoms with van der Waals surface area (Å²) in [4.78, 5) is 20.8. The van der Waals surface area contributed by atoms with Gasteiger partial charge in [0.15, 0.2) is 0 Å². The van der Waals surface area contributed by atoms with Crippen molar-refractivity contribution in [3.63, 3.8) is 0 Å². The molecule has 3 aromatic carbocycles. The third-order valence-corrected chi connectivity index (χ3v) is 6.46. The van der Waals surface area contributed by atoms with Gasteiger partial charge in [-0.05, 0) is 77.7 Å². The predicted molar refractivity (Wildman–Crippen MR) is 142 cm³/mol. The van der Waals surface area contributed by atoms with E-state index in [-0.39, 0.29) is 24.6 Å². The molecule has 5 aromatic rings. The Hall–Kier alpha value is -4.30. The van der Waals surface area contributed by atoms with Crippen LogP contribution in [0.15, 0.2) is 79.0 Å². The standard InChI is InChI=1S/C29H22ClF3N4O/c30-19-3-1-17(2-4-19)23-6-8-27(34)37-29(23)26(11-16-9-21(32)13-22(33)10-16)36-28(38)12-18-15-35-25-7-5-20(31)14-24(18)25/h1-10,13-15,26,35H,11-12H2,(H2,34,37)(H,36,38). The zero-order valence-electron chi connectivity index (χ0n) is 19.9. The highest BCUT2D eigenvalue weighted by molar-refractivity contribution is 6.30. The van der Waals surface area contributed by atoms with Gasteiger partial charge in [0, 0.05) is 33.8 Å². The lowest BCUT2D eigenvalue weighted by atomic mass is 9.95. The van der Waals surface area contributed by atoms with Crippen LogP contribution in [0, 0.1) is 17.5 Å². The highest BCUT2D eigenvalue weighted by Crippen LogP contribution is 2.31. The smallest absolute Gasteiger partial charge is 0.225 e. The monoisotopic (exact) mass is 534 g/mol. The number of anilines is 1. The van der Waals surface area contributed by atoms with Crippen molar-refractivity contribution in [2.24, 2.45) is 0 Å². The van der Waals surface area contributed by atoms with Crippen molar-refractivity contribution in [1.82, 2.24) is 15.3 Å². The fraction of sp³-hybridized carbons (Fsp3) is 0.103. The number of carbonyl (C=O) groups is 1. The minimum atomic E-state index is -0.792. The normalized spacial score (nSPS) is 12.0. The van der Waals surface area contributed by atoms with E-state index in [0.29, 0.717) is 38.3 Å². The molecule has 0 spiro atoms. The summed E-state index contributed by atoms with van der Waals surface area (Å²) >= 11 is 6.06. The zero-order chi connectivity index (χ0) is 26.8. The number of amides is 1. The van der Waals surface area contributed by atoms with Crippen LogP contribution >= 0.6 is 11.6 Å². The van der Waals surface area contributed by atoms with Gasteiger partial charge in [-0.15, -0.1) is 0 Å². The molecule has 1 amide bonds. The Bertz CT molecular complexity index is 1620. The summed E-state index contributed by atoms with van der Waals surface area (Å²) in [6, 6.07) is 17.2. The van der Waals surface area contributed by atoms with Gasteiger partial charge < -0.3 is 16.0 Å². The number of nitrogen functional groups attached to an aromatic ring is 1. The molecule has 5 nitrogen and oxygen atoms in total. The fourth-order valence-corrected chi connectivity index (χ4v) is 4.65. The molecule has 0 saturated carbocycles. The van der Waals surface area contributed by atoms with Gasteiger partial charge in [0.2, 0.25) is 5.91 Å². The Morgan fingerprint density at radius 2 is 1.68 bits per heavy atom. The van der Waals surface area contributed by atoms with Crippen LogP contribution in [-0.4, -0.2) is 15.9 Å². The first-order valence-corrected chi connectivity index (χ1v) is 12.1. The summed E-state index contributed by atoms with van der Waals surface area (Å²) in [5, 5.41) is 4.09. The van der Waals surface area contributed by atoms with Crippen molar-refractivity contribution in [2.45, 2.75) is 18.9 Å². The average Bonchev–Trinajstić information content (AvgIpc) is 3.25. The Kier molecular flexibility index (Phi) is 7.07. The van der Waals surface area contributed by atoms with Crippen molar-refractivity contribution in [2.75, 3.05) is 5.73 Å². The number of pyridine rings is 1. The van der Waals surface area contributed by atoms with E-state index < -0.39 is 23.5 Å². The number of aromatic amines is 1. The zero-order valence-corrected chi connectivity index (χ0v) is 20.7. The van der Waals surface area contributed by atoms with Gasteiger partial charge in [-0.3, -0.25) is 4.79 Å². The number of aromatic nitrogens is 2. The molecule has 4 N–H and O–H groups in total. The topological polar surface area (TPSA) is 83.8 Å². The maximum absolute atomic E-state index is 14.0. The van der Waals surface area contributed by atoms with E-state index in [2.05, 4.69) is 15.3 Å². The van der Waals surface area contributed by atoms with Crippen LogP contribution in [0.5, 0.6) is 0 Å². The molecule has 1 unspecified atom stereocenters. The van der Waals surface area contributed by atoms with Crippen LogP contribution in [0.2, 0.25) is 5.02 Å². The number of carbonyl (C=O) groups excluding carboxylic acids is 1. The first kappa shape index (κ1) is 25.4. The molecule has 2 heterocycles. The van der Waals surface area contributed by atoms with E-state index >= 15 is 0 Å². The molecule has 0 radical (unpaired) electrons. The number of rotatable bonds is 7. The molecule has 0 aliphatic heterocycles. The van der Waals surface area contributed by atoms with Crippen molar-refractivity contribution in [3.05, 3.63) is 118 Å². The predicted octanol–water partition coefficient (Wildman–Crippen LogP) is 6.53. The number of nitrogens with zero attached hydrogens (tertiary/aromatic N) is 1. The Morgan fingerprint density at radius 1 is 0.947 bits per heavy atom. The highest BCUT2D eigenvalue weighted by Gasteiger charge is 2.23. The molecule has 9 heteroatoms. The minimum Gasteiger partial charge on any atom is -0.384 e. The maximum atomic E-state index is 14.0. The molecule has 0 fully saturated rings. The third kappa shape index (κ3) is 5.65. The molecule has 0 aliphatic carbocycles. The second kappa shape index (κ2) is 10.6. The summed E-state index contributed by atoms with van der Waals surface area (Å²) in [7, 11) is 0. The molecule has 2 aromatic heterocycles. The van der Waals surface area contributed by atoms with Crippen molar-refractivity contribution in [1.29, 1.82) is 0 Å². The van der Waals surface area contributed by atoms with Crippen LogP contribution in [0.4, 0.5) is 19.0 Å². The van der Waals surface area contributed by atoms with E-state index in [1.807, 2.05) is 0 Å². The molecule has 192 valence electrons. The average molecular weight is 535 g/mol. The molecule has 0 saturated heterocycles. The largest absolute Gasteiger partial charge is 0.384 e. The number of H-pyrrole nitrogens is 1. The summed E-state index contributed by atoms with van der Waals surface area (Å²) in [5.41, 5.74) is 9.52. The van der Waals surface area contributed by atoms with E-state index in [1.165, 1.54) is 24.3 Å². The SMILES string of the molecule is Nc1ccc(-c2ccc(Cl)cc2)c(C(Cc2cc(F)cc(F)c2)NC(=O)Cc2c[nH]c3ccc(F)cc23)n1. The number of fused-ring (bicyclic) bond motifs is 1. The molecule has 5 rings (SSSR count). The van der Waals surface area contributed by atoms with Gasteiger partial charge in [0.05, 0.1) is 18.2 Å². The summed E-state index contributed by atoms with van der Waals surface area (Å²) in [6.07, 6.45) is 1.63. The van der Waals surface area contributed by atoms with Gasteiger partial charge in [-0.25, -0.2) is 18.2 Å². The molecular weight excluding hydrogens is 513 g/mol. The minimum absolute atomic E-state index is 0.0416. The van der Waals surface area contributed by atoms with E-state index in [0.717, 1.165) is 11.6 Å². The van der Waals surface area contributed by atoms with Gasteiger partial charge in [0.1, 0.15) is 23.3 Å². The van der Waals surface area contributed by atoms with Crippen LogP contribution < -0.4 is 11.1 Å². The van der Waals surface area contributed by atoms with Crippen molar-refractivity contribution < 1.29 is 18.0 Å². The number of nitrogens with one attached hydrogen (secondary N) is 2. The molecule has 38 heavy (non-hydrogen) atoms. The van der Waals surface area contributed by atoms with Crippen LogP contribution in [0.3, 0.4) is 0 Å². The fourth-order valence-electron chi connectivity index (χ4n) is 4.53. The first-order chi connectivity index (χ1) is 18.2. The van der Waals surface area contributed by atoms with Gasteiger partial charge in [-0.1, -0.05) is 23.7 Å². The second-order valence-electron chi connectivity index (χ2n) is 8.96. The number of benzene rings is 3. The number of halogens is 4. The lowest BCUT2D eigenvalue weighted by molar-refractivity contribution is -0.121. The maximum Gasteiger partial charge on any atom is 0.225 e. The lowest BCUT2D eigenvalue weighted by Gasteiger charge is -2.22. The van der Waals surface area contributed by atoms with Crippen molar-refractivity contribution in [3.8, 4) is 11.1 Å². The van der Waals surface area contributed by atoms with E-state index in [4.69, 9.17) is 17.3 Å². The second-order valence-corrected chi connectivity index (χ2v) is 9.39. The molecule has 0 bridgehead atoms. The number of hydrogen-bond acceptors (Lipinski definition) is 3. The summed E-state index contributed by atoms with van der Waals surface area (Å²) in [5.74, 6) is -2.05. The van der Waals surface area contributed by atoms with Gasteiger partial charge >= 0.3 is 0 Å². The van der Waals surface area contributed by atoms with Gasteiger partial charge in [0.25, 0.3) is 0 Å². The lowest BCUT2D eigenvalue weighted by Crippen LogP contribution is -2.32. The first-order valence-electron chi connectivity index (χ1n) is 11.8. The number of hydrogen-bond donors (Lipinski definition) is 3. The molecular formula is C29H22ClF3N4O. The summed E-state index contributed by atoms with van der Waals surface area (Å²) in [6.45, 7) is 0. The quantitative estimate of drug-likeness (QED) is 0.222. The molecule has 0 aliphatic rings. The Morgan fingerprint density at radius 3 is 2.42 bits per heavy atom. The van der Waals surface area contributed by atoms with Crippen LogP contribution in [0.1, 0.15) is 22.9 Å². The third-order valence-electron chi connectivity index (χ3n) is 6.21. The number of nitrogens with two attached hydrogens (primary N) is 1. The van der Waals surface area contributed by atoms with E-state index in [9.17, 15) is 18.0 Å². The highest BCUT2D eigenvalue weighted by atomic mass is 35.5. The summed E-state index contributed by atoms with van der Waals surface area (Å²) < 4.78 is 41.9. The van der Waals surface area contributed by atoms with E-state index in [1.54, 1.807) is 48.7 Å². The van der Waals surface area contributed by atoms with Gasteiger partial charge in [-0.2, -0.15) is 0 Å². The van der Waals surface area contributed by atoms with Crippen LogP contribution in [-0.2, 0) is 17.6 Å². The Labute approximate surface area is 221 Å².